The van der Waals surface area contributed by atoms with Crippen LogP contribution in [0.1, 0.15) is 17.2 Å². The maximum atomic E-state index is 13.1. The lowest BCUT2D eigenvalue weighted by Gasteiger charge is -2.13. The largest absolute Gasteiger partial charge is 0.320 e. The number of nitrogens with two attached hydrogens (primary N) is 1. The van der Waals surface area contributed by atoms with Crippen LogP contribution in [0, 0.1) is 9.39 Å². The lowest BCUT2D eigenvalue weighted by atomic mass is 10.00. The summed E-state index contributed by atoms with van der Waals surface area (Å²) in [7, 11) is 0. The van der Waals surface area contributed by atoms with E-state index in [1.165, 1.54) is 9.64 Å². The lowest BCUT2D eigenvalue weighted by Crippen LogP contribution is -2.11. The van der Waals surface area contributed by atoms with Crippen LogP contribution in [-0.2, 0) is 0 Å². The van der Waals surface area contributed by atoms with Crippen molar-refractivity contribution in [3.8, 4) is 0 Å². The van der Waals surface area contributed by atoms with Gasteiger partial charge in [-0.3, -0.25) is 0 Å². The van der Waals surface area contributed by atoms with Crippen LogP contribution in [0.15, 0.2) is 46.9 Å². The maximum absolute atomic E-state index is 13.1. The van der Waals surface area contributed by atoms with Gasteiger partial charge in [-0.05, 0) is 73.9 Å². The van der Waals surface area contributed by atoms with Gasteiger partial charge in [0.2, 0.25) is 0 Å². The number of halogens is 3. The van der Waals surface area contributed by atoms with Crippen LogP contribution >= 0.6 is 38.5 Å². The summed E-state index contributed by atoms with van der Waals surface area (Å²) in [6.07, 6.45) is 0. The smallest absolute Gasteiger partial charge is 0.137 e. The summed E-state index contributed by atoms with van der Waals surface area (Å²) < 4.78 is 14.7. The van der Waals surface area contributed by atoms with Crippen molar-refractivity contribution in [3.63, 3.8) is 0 Å². The molecule has 0 radical (unpaired) electrons. The monoisotopic (exact) mass is 405 g/mol. The van der Waals surface area contributed by atoms with Gasteiger partial charge in [-0.1, -0.05) is 18.2 Å². The first-order valence-corrected chi connectivity index (χ1v) is 6.91. The zero-order chi connectivity index (χ0) is 12.4. The van der Waals surface area contributed by atoms with Crippen LogP contribution in [0.5, 0.6) is 0 Å². The van der Waals surface area contributed by atoms with E-state index in [-0.39, 0.29) is 11.9 Å². The van der Waals surface area contributed by atoms with Gasteiger partial charge in [0.1, 0.15) is 5.82 Å². The fourth-order valence-corrected chi connectivity index (χ4v) is 2.32. The zero-order valence-electron chi connectivity index (χ0n) is 8.83. The number of benzene rings is 2. The van der Waals surface area contributed by atoms with Gasteiger partial charge in [0.25, 0.3) is 0 Å². The SMILES string of the molecule is NC(c1ccc(I)cc1)c1ccc(F)c(Br)c1. The molecule has 1 atom stereocenters. The van der Waals surface area contributed by atoms with Crippen LogP contribution in [-0.4, -0.2) is 0 Å². The molecule has 0 aliphatic heterocycles. The molecule has 0 saturated heterocycles. The Hall–Kier alpha value is -0.460. The predicted molar refractivity (Wildman–Crippen MR) is 79.3 cm³/mol. The molecule has 2 aromatic carbocycles. The van der Waals surface area contributed by atoms with Gasteiger partial charge in [0.15, 0.2) is 0 Å². The highest BCUT2D eigenvalue weighted by Crippen LogP contribution is 2.24. The molecule has 0 heterocycles. The van der Waals surface area contributed by atoms with Crippen molar-refractivity contribution in [2.24, 2.45) is 5.73 Å². The average Bonchev–Trinajstić information content (AvgIpc) is 2.33. The molecule has 88 valence electrons. The average molecular weight is 406 g/mol. The van der Waals surface area contributed by atoms with Gasteiger partial charge in [0.05, 0.1) is 10.5 Å². The minimum absolute atomic E-state index is 0.233. The zero-order valence-corrected chi connectivity index (χ0v) is 12.6. The summed E-state index contributed by atoms with van der Waals surface area (Å²) in [5.74, 6) is -0.274. The van der Waals surface area contributed by atoms with Crippen molar-refractivity contribution in [1.29, 1.82) is 0 Å². The molecule has 0 saturated carbocycles. The Labute approximate surface area is 121 Å². The quantitative estimate of drug-likeness (QED) is 0.743. The second-order valence-corrected chi connectivity index (χ2v) is 5.80. The second-order valence-electron chi connectivity index (χ2n) is 3.70. The van der Waals surface area contributed by atoms with Crippen LogP contribution < -0.4 is 5.73 Å². The topological polar surface area (TPSA) is 26.0 Å². The van der Waals surface area contributed by atoms with Gasteiger partial charge < -0.3 is 5.73 Å². The minimum Gasteiger partial charge on any atom is -0.320 e. The van der Waals surface area contributed by atoms with Gasteiger partial charge in [-0.15, -0.1) is 0 Å². The highest BCUT2D eigenvalue weighted by atomic mass is 127. The summed E-state index contributed by atoms with van der Waals surface area (Å²) in [6.45, 7) is 0. The second kappa shape index (κ2) is 5.46. The van der Waals surface area contributed by atoms with E-state index in [0.29, 0.717) is 4.47 Å². The van der Waals surface area contributed by atoms with E-state index in [4.69, 9.17) is 5.73 Å². The van der Waals surface area contributed by atoms with Gasteiger partial charge in [-0.2, -0.15) is 0 Å². The summed E-state index contributed by atoms with van der Waals surface area (Å²) in [5.41, 5.74) is 8.05. The summed E-state index contributed by atoms with van der Waals surface area (Å²) in [5, 5.41) is 0. The molecule has 0 fully saturated rings. The molecule has 2 N–H and O–H groups in total. The highest BCUT2D eigenvalue weighted by Gasteiger charge is 2.10. The summed E-state index contributed by atoms with van der Waals surface area (Å²) >= 11 is 5.41. The molecule has 0 spiro atoms. The van der Waals surface area contributed by atoms with Crippen LogP contribution in [0.25, 0.3) is 0 Å². The van der Waals surface area contributed by atoms with Crippen LogP contribution in [0.4, 0.5) is 4.39 Å². The molecule has 4 heteroatoms. The maximum Gasteiger partial charge on any atom is 0.137 e. The Morgan fingerprint density at radius 1 is 1.06 bits per heavy atom. The number of hydrogen-bond acceptors (Lipinski definition) is 1. The van der Waals surface area contributed by atoms with Crippen molar-refractivity contribution in [1.82, 2.24) is 0 Å². The van der Waals surface area contributed by atoms with Crippen molar-refractivity contribution >= 4 is 38.5 Å². The van der Waals surface area contributed by atoms with E-state index in [9.17, 15) is 4.39 Å². The molecule has 1 unspecified atom stereocenters. The van der Waals surface area contributed by atoms with Crippen LogP contribution in [0.2, 0.25) is 0 Å². The molecular formula is C13H10BrFIN. The van der Waals surface area contributed by atoms with E-state index in [2.05, 4.69) is 38.5 Å². The number of hydrogen-bond donors (Lipinski definition) is 1. The fourth-order valence-electron chi connectivity index (χ4n) is 1.57. The molecule has 0 bridgehead atoms. The normalized spacial score (nSPS) is 12.5. The Bertz CT molecular complexity index is 527. The molecular weight excluding hydrogens is 396 g/mol. The van der Waals surface area contributed by atoms with E-state index in [0.717, 1.165) is 11.1 Å². The van der Waals surface area contributed by atoms with E-state index >= 15 is 0 Å². The molecule has 1 nitrogen and oxygen atoms in total. The Morgan fingerprint density at radius 3 is 2.24 bits per heavy atom. The van der Waals surface area contributed by atoms with E-state index in [1.54, 1.807) is 12.1 Å². The minimum atomic E-state index is -0.274. The van der Waals surface area contributed by atoms with Crippen molar-refractivity contribution in [3.05, 3.63) is 67.5 Å². The van der Waals surface area contributed by atoms with E-state index in [1.807, 2.05) is 24.3 Å². The Balaban J connectivity index is 2.33. The van der Waals surface area contributed by atoms with Gasteiger partial charge in [-0.25, -0.2) is 4.39 Å². The predicted octanol–water partition coefficient (Wildman–Crippen LogP) is 4.24. The van der Waals surface area contributed by atoms with Crippen molar-refractivity contribution in [2.45, 2.75) is 6.04 Å². The third-order valence-electron chi connectivity index (χ3n) is 2.53. The fraction of sp³-hybridized carbons (Fsp3) is 0.0769. The van der Waals surface area contributed by atoms with E-state index < -0.39 is 0 Å². The third-order valence-corrected chi connectivity index (χ3v) is 3.86. The highest BCUT2D eigenvalue weighted by molar-refractivity contribution is 14.1. The lowest BCUT2D eigenvalue weighted by molar-refractivity contribution is 0.619. The van der Waals surface area contributed by atoms with Gasteiger partial charge >= 0.3 is 0 Å². The van der Waals surface area contributed by atoms with Crippen LogP contribution in [0.3, 0.4) is 0 Å². The first-order valence-electron chi connectivity index (χ1n) is 5.04. The number of rotatable bonds is 2. The molecule has 0 aliphatic carbocycles. The summed E-state index contributed by atoms with van der Waals surface area (Å²) in [4.78, 5) is 0. The first kappa shape index (κ1) is 13.0. The molecule has 2 rings (SSSR count). The molecule has 0 amide bonds. The Kier molecular flexibility index (Phi) is 4.17. The third kappa shape index (κ3) is 3.05. The molecule has 17 heavy (non-hydrogen) atoms. The van der Waals surface area contributed by atoms with Crippen molar-refractivity contribution in [2.75, 3.05) is 0 Å². The van der Waals surface area contributed by atoms with Gasteiger partial charge in [0, 0.05) is 3.57 Å². The first-order chi connectivity index (χ1) is 8.08. The van der Waals surface area contributed by atoms with Crippen molar-refractivity contribution < 1.29 is 4.39 Å². The molecule has 0 aromatic heterocycles. The standard InChI is InChI=1S/C13H10BrFIN/c14-11-7-9(3-6-12(11)15)13(17)8-1-4-10(16)5-2-8/h1-7,13H,17H2. The summed E-state index contributed by atoms with van der Waals surface area (Å²) in [6, 6.07) is 12.6. The Morgan fingerprint density at radius 2 is 1.65 bits per heavy atom. The molecule has 0 aliphatic rings. The molecule has 2 aromatic rings.